The molecule has 1 fully saturated rings. The number of carbonyl (C=O) groups is 2. The standard InChI is InChI=1S/C15H20N2O3/c1-11-10-13(11)16-15(20)17(9-5-8-14(18)19)12-6-3-2-4-7-12/h2-4,6-7,11,13H,5,8-10H2,1H3,(H,16,20)(H,18,19). The van der Waals surface area contributed by atoms with Crippen LogP contribution in [0.25, 0.3) is 0 Å². The second-order valence-electron chi connectivity index (χ2n) is 5.25. The van der Waals surface area contributed by atoms with Crippen LogP contribution >= 0.6 is 0 Å². The van der Waals surface area contributed by atoms with E-state index in [4.69, 9.17) is 5.11 Å². The number of hydrogen-bond donors (Lipinski definition) is 2. The summed E-state index contributed by atoms with van der Waals surface area (Å²) >= 11 is 0. The van der Waals surface area contributed by atoms with Gasteiger partial charge >= 0.3 is 12.0 Å². The molecule has 0 heterocycles. The number of amides is 2. The van der Waals surface area contributed by atoms with E-state index in [2.05, 4.69) is 12.2 Å². The molecule has 2 N–H and O–H groups in total. The van der Waals surface area contributed by atoms with E-state index in [1.807, 2.05) is 30.3 Å². The zero-order valence-corrected chi connectivity index (χ0v) is 11.6. The molecule has 108 valence electrons. The van der Waals surface area contributed by atoms with Crippen LogP contribution in [-0.2, 0) is 4.79 Å². The summed E-state index contributed by atoms with van der Waals surface area (Å²) in [7, 11) is 0. The van der Waals surface area contributed by atoms with Crippen molar-refractivity contribution in [1.82, 2.24) is 5.32 Å². The molecular formula is C15H20N2O3. The summed E-state index contributed by atoms with van der Waals surface area (Å²) in [5.74, 6) is -0.301. The monoisotopic (exact) mass is 276 g/mol. The van der Waals surface area contributed by atoms with Crippen molar-refractivity contribution < 1.29 is 14.7 Å². The third-order valence-corrected chi connectivity index (χ3v) is 3.50. The number of para-hydroxylation sites is 1. The highest BCUT2D eigenvalue weighted by Gasteiger charge is 2.35. The van der Waals surface area contributed by atoms with E-state index in [0.717, 1.165) is 12.1 Å². The van der Waals surface area contributed by atoms with Gasteiger partial charge in [0.25, 0.3) is 0 Å². The lowest BCUT2D eigenvalue weighted by Crippen LogP contribution is -2.42. The van der Waals surface area contributed by atoms with Crippen molar-refractivity contribution in [2.45, 2.75) is 32.2 Å². The van der Waals surface area contributed by atoms with Gasteiger partial charge in [0.15, 0.2) is 0 Å². The molecule has 5 nitrogen and oxygen atoms in total. The van der Waals surface area contributed by atoms with E-state index in [9.17, 15) is 9.59 Å². The lowest BCUT2D eigenvalue weighted by atomic mass is 10.2. The Bertz CT molecular complexity index is 475. The molecule has 1 aromatic rings. The number of urea groups is 1. The molecule has 2 amide bonds. The highest BCUT2D eigenvalue weighted by atomic mass is 16.4. The van der Waals surface area contributed by atoms with Crippen LogP contribution in [0, 0.1) is 5.92 Å². The van der Waals surface area contributed by atoms with Crippen molar-refractivity contribution in [3.63, 3.8) is 0 Å². The first kappa shape index (κ1) is 14.4. The van der Waals surface area contributed by atoms with Crippen LogP contribution in [0.5, 0.6) is 0 Å². The Morgan fingerprint density at radius 1 is 1.35 bits per heavy atom. The maximum atomic E-state index is 12.3. The average Bonchev–Trinajstić information content (AvgIpc) is 3.10. The highest BCUT2D eigenvalue weighted by Crippen LogP contribution is 2.29. The minimum atomic E-state index is -0.839. The molecule has 1 aromatic carbocycles. The maximum absolute atomic E-state index is 12.3. The molecule has 1 aliphatic carbocycles. The molecule has 2 unspecified atom stereocenters. The number of carbonyl (C=O) groups excluding carboxylic acids is 1. The molecule has 0 aliphatic heterocycles. The van der Waals surface area contributed by atoms with Crippen molar-refractivity contribution in [3.05, 3.63) is 30.3 Å². The minimum absolute atomic E-state index is 0.0659. The van der Waals surface area contributed by atoms with Crippen LogP contribution in [0.15, 0.2) is 30.3 Å². The van der Waals surface area contributed by atoms with Gasteiger partial charge in [0.05, 0.1) is 0 Å². The fourth-order valence-corrected chi connectivity index (χ4v) is 2.10. The lowest BCUT2D eigenvalue weighted by molar-refractivity contribution is -0.137. The van der Waals surface area contributed by atoms with Gasteiger partial charge in [0.2, 0.25) is 0 Å². The molecule has 0 radical (unpaired) electrons. The predicted molar refractivity (Wildman–Crippen MR) is 76.8 cm³/mol. The first-order valence-electron chi connectivity index (χ1n) is 6.93. The third kappa shape index (κ3) is 3.98. The molecular weight excluding hydrogens is 256 g/mol. The number of anilines is 1. The molecule has 0 saturated heterocycles. The van der Waals surface area contributed by atoms with Crippen molar-refractivity contribution in [3.8, 4) is 0 Å². The number of nitrogens with zero attached hydrogens (tertiary/aromatic N) is 1. The summed E-state index contributed by atoms with van der Waals surface area (Å²) in [6.07, 6.45) is 1.53. The van der Waals surface area contributed by atoms with Crippen LogP contribution < -0.4 is 10.2 Å². The normalized spacial score (nSPS) is 20.2. The second kappa shape index (κ2) is 6.41. The zero-order valence-electron chi connectivity index (χ0n) is 11.6. The van der Waals surface area contributed by atoms with Gasteiger partial charge in [0, 0.05) is 24.7 Å². The summed E-state index contributed by atoms with van der Waals surface area (Å²) in [6.45, 7) is 2.51. The number of nitrogens with one attached hydrogen (secondary N) is 1. The summed E-state index contributed by atoms with van der Waals surface area (Å²) in [5.41, 5.74) is 0.795. The Morgan fingerprint density at radius 2 is 2.00 bits per heavy atom. The Kier molecular flexibility index (Phi) is 4.61. The topological polar surface area (TPSA) is 69.6 Å². The minimum Gasteiger partial charge on any atom is -0.481 e. The molecule has 1 aliphatic rings. The number of carboxylic acids is 1. The number of rotatable bonds is 6. The largest absolute Gasteiger partial charge is 0.481 e. The molecule has 2 rings (SSSR count). The molecule has 0 bridgehead atoms. The first-order valence-corrected chi connectivity index (χ1v) is 6.93. The highest BCUT2D eigenvalue weighted by molar-refractivity contribution is 5.92. The van der Waals surface area contributed by atoms with Crippen LogP contribution in [0.4, 0.5) is 10.5 Å². The van der Waals surface area contributed by atoms with Crippen LogP contribution in [0.1, 0.15) is 26.2 Å². The Hall–Kier alpha value is -2.04. The van der Waals surface area contributed by atoms with Crippen molar-refractivity contribution in [2.75, 3.05) is 11.4 Å². The second-order valence-corrected chi connectivity index (χ2v) is 5.25. The number of carboxylic acid groups (broad SMARTS) is 1. The predicted octanol–water partition coefficient (Wildman–Crippen LogP) is 2.48. The third-order valence-electron chi connectivity index (χ3n) is 3.50. The van der Waals surface area contributed by atoms with Crippen molar-refractivity contribution in [2.24, 2.45) is 5.92 Å². The van der Waals surface area contributed by atoms with Crippen LogP contribution in [-0.4, -0.2) is 29.7 Å². The molecule has 1 saturated carbocycles. The van der Waals surface area contributed by atoms with Crippen LogP contribution in [0.2, 0.25) is 0 Å². The SMILES string of the molecule is CC1CC1NC(=O)N(CCCC(=O)O)c1ccccc1. The van der Waals surface area contributed by atoms with Gasteiger partial charge < -0.3 is 10.4 Å². The van der Waals surface area contributed by atoms with E-state index < -0.39 is 5.97 Å². The Morgan fingerprint density at radius 3 is 2.55 bits per heavy atom. The maximum Gasteiger partial charge on any atom is 0.322 e. The molecule has 2 atom stereocenters. The Balaban J connectivity index is 1.99. The number of benzene rings is 1. The fraction of sp³-hybridized carbons (Fsp3) is 0.467. The summed E-state index contributed by atoms with van der Waals surface area (Å²) in [6, 6.07) is 9.45. The zero-order chi connectivity index (χ0) is 14.5. The molecule has 0 spiro atoms. The Labute approximate surface area is 118 Å². The van der Waals surface area contributed by atoms with E-state index in [-0.39, 0.29) is 18.5 Å². The molecule has 5 heteroatoms. The summed E-state index contributed by atoms with van der Waals surface area (Å²) in [4.78, 5) is 24.5. The summed E-state index contributed by atoms with van der Waals surface area (Å²) in [5, 5.41) is 11.7. The van der Waals surface area contributed by atoms with E-state index in [1.54, 1.807) is 4.90 Å². The van der Waals surface area contributed by atoms with Gasteiger partial charge in [-0.3, -0.25) is 9.69 Å². The van der Waals surface area contributed by atoms with E-state index in [1.165, 1.54) is 0 Å². The van der Waals surface area contributed by atoms with Gasteiger partial charge in [-0.1, -0.05) is 25.1 Å². The van der Waals surface area contributed by atoms with Gasteiger partial charge in [-0.2, -0.15) is 0 Å². The lowest BCUT2D eigenvalue weighted by Gasteiger charge is -2.23. The first-order chi connectivity index (χ1) is 9.58. The van der Waals surface area contributed by atoms with E-state index >= 15 is 0 Å². The van der Waals surface area contributed by atoms with Gasteiger partial charge in [-0.25, -0.2) is 4.79 Å². The van der Waals surface area contributed by atoms with E-state index in [0.29, 0.717) is 18.9 Å². The number of aliphatic carboxylic acids is 1. The van der Waals surface area contributed by atoms with Crippen LogP contribution in [0.3, 0.4) is 0 Å². The number of hydrogen-bond acceptors (Lipinski definition) is 2. The average molecular weight is 276 g/mol. The molecule has 0 aromatic heterocycles. The fourth-order valence-electron chi connectivity index (χ4n) is 2.10. The van der Waals surface area contributed by atoms with Crippen molar-refractivity contribution in [1.29, 1.82) is 0 Å². The smallest absolute Gasteiger partial charge is 0.322 e. The van der Waals surface area contributed by atoms with Crippen molar-refractivity contribution >= 4 is 17.7 Å². The molecule has 20 heavy (non-hydrogen) atoms. The van der Waals surface area contributed by atoms with Gasteiger partial charge in [-0.15, -0.1) is 0 Å². The summed E-state index contributed by atoms with van der Waals surface area (Å²) < 4.78 is 0. The van der Waals surface area contributed by atoms with Gasteiger partial charge in [-0.05, 0) is 30.9 Å². The quantitative estimate of drug-likeness (QED) is 0.838. The van der Waals surface area contributed by atoms with Gasteiger partial charge in [0.1, 0.15) is 0 Å².